The number of aryl methyl sites for hydroxylation is 1. The molecule has 0 atom stereocenters. The number of H-pyrrole nitrogens is 1. The van der Waals surface area contributed by atoms with E-state index < -0.39 is 0 Å². The Hall–Kier alpha value is -1.56. The molecule has 0 aliphatic carbocycles. The van der Waals surface area contributed by atoms with Gasteiger partial charge in [0.05, 0.1) is 0 Å². The molecule has 0 aromatic carbocycles. The molecule has 1 N–H and O–H groups in total. The molecule has 1 aromatic rings. The minimum atomic E-state index is -0.272. The summed E-state index contributed by atoms with van der Waals surface area (Å²) in [7, 11) is 0. The van der Waals surface area contributed by atoms with Crippen molar-refractivity contribution in [2.24, 2.45) is 0 Å². The van der Waals surface area contributed by atoms with E-state index in [2.05, 4.69) is 11.9 Å². The molecule has 0 aliphatic rings. The fraction of sp³-hybridized carbons (Fsp3) is 0.538. The van der Waals surface area contributed by atoms with Crippen LogP contribution in [0.15, 0.2) is 11.0 Å². The van der Waals surface area contributed by atoms with Crippen LogP contribution in [0.25, 0.3) is 0 Å². The summed E-state index contributed by atoms with van der Waals surface area (Å²) in [4.78, 5) is 14.2. The van der Waals surface area contributed by atoms with Crippen molar-refractivity contribution in [3.8, 4) is 6.07 Å². The average Bonchev–Trinajstić information content (AvgIpc) is 2.26. The SMILES string of the molecule is CCCCc1c[nH]c(=O)c(C#N)c1C(C)C. The first-order chi connectivity index (χ1) is 7.61. The predicted octanol–water partition coefficient (Wildman–Crippen LogP) is 2.71. The molecule has 1 rings (SSSR count). The highest BCUT2D eigenvalue weighted by Crippen LogP contribution is 2.22. The second-order valence-corrected chi connectivity index (χ2v) is 4.30. The van der Waals surface area contributed by atoms with E-state index in [9.17, 15) is 4.79 Å². The van der Waals surface area contributed by atoms with Crippen molar-refractivity contribution in [1.82, 2.24) is 4.98 Å². The van der Waals surface area contributed by atoms with E-state index in [0.29, 0.717) is 0 Å². The third-order valence-electron chi connectivity index (χ3n) is 2.71. The van der Waals surface area contributed by atoms with Gasteiger partial charge in [-0.2, -0.15) is 5.26 Å². The van der Waals surface area contributed by atoms with Gasteiger partial charge in [0.15, 0.2) is 0 Å². The highest BCUT2D eigenvalue weighted by atomic mass is 16.1. The molecule has 0 radical (unpaired) electrons. The summed E-state index contributed by atoms with van der Waals surface area (Å²) < 4.78 is 0. The van der Waals surface area contributed by atoms with Gasteiger partial charge in [-0.15, -0.1) is 0 Å². The molecule has 0 amide bonds. The highest BCUT2D eigenvalue weighted by Gasteiger charge is 2.14. The Labute approximate surface area is 96.1 Å². The monoisotopic (exact) mass is 218 g/mol. The third kappa shape index (κ3) is 2.52. The van der Waals surface area contributed by atoms with E-state index in [-0.39, 0.29) is 17.0 Å². The van der Waals surface area contributed by atoms with E-state index in [0.717, 1.165) is 30.4 Å². The van der Waals surface area contributed by atoms with Crippen molar-refractivity contribution in [1.29, 1.82) is 5.26 Å². The Kier molecular flexibility index (Phi) is 4.30. The first-order valence-electron chi connectivity index (χ1n) is 5.76. The Morgan fingerprint density at radius 3 is 2.69 bits per heavy atom. The molecular weight excluding hydrogens is 200 g/mol. The molecule has 0 fully saturated rings. The van der Waals surface area contributed by atoms with E-state index in [4.69, 9.17) is 5.26 Å². The Bertz CT molecular complexity index is 452. The summed E-state index contributed by atoms with van der Waals surface area (Å²) in [6, 6.07) is 2.02. The molecule has 0 aliphatic heterocycles. The van der Waals surface area contributed by atoms with Gasteiger partial charge in [-0.05, 0) is 29.9 Å². The summed E-state index contributed by atoms with van der Waals surface area (Å²) in [5.74, 6) is 0.212. The number of aromatic nitrogens is 1. The molecule has 1 heterocycles. The van der Waals surface area contributed by atoms with Crippen molar-refractivity contribution in [3.63, 3.8) is 0 Å². The largest absolute Gasteiger partial charge is 0.328 e. The van der Waals surface area contributed by atoms with Crippen LogP contribution < -0.4 is 5.56 Å². The fourth-order valence-corrected chi connectivity index (χ4v) is 1.93. The highest BCUT2D eigenvalue weighted by molar-refractivity contribution is 5.42. The normalized spacial score (nSPS) is 10.4. The number of rotatable bonds is 4. The molecule has 3 nitrogen and oxygen atoms in total. The van der Waals surface area contributed by atoms with Gasteiger partial charge in [0.1, 0.15) is 11.6 Å². The minimum absolute atomic E-state index is 0.212. The van der Waals surface area contributed by atoms with Gasteiger partial charge in [0.2, 0.25) is 0 Å². The van der Waals surface area contributed by atoms with Crippen molar-refractivity contribution < 1.29 is 0 Å². The lowest BCUT2D eigenvalue weighted by Gasteiger charge is -2.13. The lowest BCUT2D eigenvalue weighted by atomic mass is 9.92. The topological polar surface area (TPSA) is 56.6 Å². The van der Waals surface area contributed by atoms with E-state index in [1.165, 1.54) is 0 Å². The second-order valence-electron chi connectivity index (χ2n) is 4.30. The standard InChI is InChI=1S/C13H18N2O/c1-4-5-6-10-8-15-13(16)11(7-14)12(10)9(2)3/h8-9H,4-6H2,1-3H3,(H,15,16). The van der Waals surface area contributed by atoms with Crippen molar-refractivity contribution in [2.45, 2.75) is 46.0 Å². The first kappa shape index (κ1) is 12.5. The maximum atomic E-state index is 11.5. The first-order valence-corrected chi connectivity index (χ1v) is 5.76. The minimum Gasteiger partial charge on any atom is -0.328 e. The van der Waals surface area contributed by atoms with Crippen LogP contribution in [0.1, 0.15) is 56.2 Å². The number of nitrogens with one attached hydrogen (secondary N) is 1. The van der Waals surface area contributed by atoms with Gasteiger partial charge in [0.25, 0.3) is 5.56 Å². The van der Waals surface area contributed by atoms with Gasteiger partial charge < -0.3 is 4.98 Å². The van der Waals surface area contributed by atoms with E-state index in [1.54, 1.807) is 6.20 Å². The Balaban J connectivity index is 3.29. The fourth-order valence-electron chi connectivity index (χ4n) is 1.93. The lowest BCUT2D eigenvalue weighted by Crippen LogP contribution is -2.16. The average molecular weight is 218 g/mol. The van der Waals surface area contributed by atoms with E-state index in [1.807, 2.05) is 19.9 Å². The molecule has 0 bridgehead atoms. The number of unbranched alkanes of at least 4 members (excludes halogenated alkanes) is 1. The molecular formula is C13H18N2O. The van der Waals surface area contributed by atoms with Crippen LogP contribution in [-0.2, 0) is 6.42 Å². The van der Waals surface area contributed by atoms with Crippen molar-refractivity contribution in [3.05, 3.63) is 33.2 Å². The summed E-state index contributed by atoms with van der Waals surface area (Å²) in [6.07, 6.45) is 4.87. The predicted molar refractivity (Wildman–Crippen MR) is 64.5 cm³/mol. The zero-order valence-corrected chi connectivity index (χ0v) is 10.1. The molecule has 0 saturated heterocycles. The number of nitriles is 1. The zero-order valence-electron chi connectivity index (χ0n) is 10.1. The molecule has 86 valence electrons. The third-order valence-corrected chi connectivity index (χ3v) is 2.71. The zero-order chi connectivity index (χ0) is 12.1. The van der Waals surface area contributed by atoms with Crippen LogP contribution >= 0.6 is 0 Å². The quantitative estimate of drug-likeness (QED) is 0.844. The smallest absolute Gasteiger partial charge is 0.266 e. The number of hydrogen-bond acceptors (Lipinski definition) is 2. The van der Waals surface area contributed by atoms with Gasteiger partial charge in [0, 0.05) is 6.20 Å². The van der Waals surface area contributed by atoms with Gasteiger partial charge in [-0.3, -0.25) is 4.79 Å². The van der Waals surface area contributed by atoms with Crippen LogP contribution in [0.5, 0.6) is 0 Å². The summed E-state index contributed by atoms with van der Waals surface area (Å²) >= 11 is 0. The molecule has 0 unspecified atom stereocenters. The Morgan fingerprint density at radius 1 is 1.50 bits per heavy atom. The van der Waals surface area contributed by atoms with Crippen LogP contribution in [0, 0.1) is 11.3 Å². The van der Waals surface area contributed by atoms with Crippen molar-refractivity contribution >= 4 is 0 Å². The number of pyridine rings is 1. The molecule has 1 aromatic heterocycles. The molecule has 0 spiro atoms. The second kappa shape index (κ2) is 5.50. The Morgan fingerprint density at radius 2 is 2.19 bits per heavy atom. The summed E-state index contributed by atoms with van der Waals surface area (Å²) in [5, 5.41) is 9.03. The van der Waals surface area contributed by atoms with Crippen LogP contribution in [0.4, 0.5) is 0 Å². The maximum absolute atomic E-state index is 11.5. The molecule has 3 heteroatoms. The maximum Gasteiger partial charge on any atom is 0.266 e. The van der Waals surface area contributed by atoms with Crippen LogP contribution in [0.2, 0.25) is 0 Å². The summed E-state index contributed by atoms with van der Waals surface area (Å²) in [6.45, 7) is 6.17. The van der Waals surface area contributed by atoms with Crippen LogP contribution in [-0.4, -0.2) is 4.98 Å². The number of nitrogens with zero attached hydrogens (tertiary/aromatic N) is 1. The lowest BCUT2D eigenvalue weighted by molar-refractivity contribution is 0.759. The van der Waals surface area contributed by atoms with Crippen LogP contribution in [0.3, 0.4) is 0 Å². The molecule has 0 saturated carbocycles. The van der Waals surface area contributed by atoms with Gasteiger partial charge in [-0.1, -0.05) is 27.2 Å². The van der Waals surface area contributed by atoms with Crippen molar-refractivity contribution in [2.75, 3.05) is 0 Å². The number of hydrogen-bond donors (Lipinski definition) is 1. The molecule has 16 heavy (non-hydrogen) atoms. The van der Waals surface area contributed by atoms with E-state index >= 15 is 0 Å². The number of aromatic amines is 1. The summed E-state index contributed by atoms with van der Waals surface area (Å²) in [5.41, 5.74) is 2.03. The van der Waals surface area contributed by atoms with Gasteiger partial charge >= 0.3 is 0 Å². The van der Waals surface area contributed by atoms with Gasteiger partial charge in [-0.25, -0.2) is 0 Å².